The van der Waals surface area contributed by atoms with Gasteiger partial charge in [0.15, 0.2) is 0 Å². The Balaban J connectivity index is 1.22. The molecule has 4 atom stereocenters. The van der Waals surface area contributed by atoms with Crippen molar-refractivity contribution in [2.75, 3.05) is 14.7 Å². The van der Waals surface area contributed by atoms with E-state index in [1.54, 1.807) is 11.1 Å². The van der Waals surface area contributed by atoms with Crippen molar-refractivity contribution in [1.82, 2.24) is 0 Å². The maximum Gasteiger partial charge on any atom is 0.252 e. The Morgan fingerprint density at radius 2 is 1.07 bits per heavy atom. The molecular weight excluding hydrogens is 906 g/mol. The van der Waals surface area contributed by atoms with Crippen LogP contribution in [0.3, 0.4) is 0 Å². The van der Waals surface area contributed by atoms with Gasteiger partial charge in [-0.15, -0.1) is 0 Å². The van der Waals surface area contributed by atoms with Crippen LogP contribution in [0.1, 0.15) is 179 Å². The topological polar surface area (TPSA) is 9.72 Å². The smallest absolute Gasteiger partial charge is 0.252 e. The van der Waals surface area contributed by atoms with Crippen LogP contribution in [0.5, 0.6) is 0 Å². The molecule has 7 aromatic carbocycles. The third-order valence-electron chi connectivity index (χ3n) is 20.5. The number of aryl methyl sites for hydroxylation is 2. The van der Waals surface area contributed by atoms with E-state index in [1.165, 1.54) is 133 Å². The van der Waals surface area contributed by atoms with Crippen molar-refractivity contribution in [2.24, 2.45) is 0 Å². The minimum atomic E-state index is -0.237. The van der Waals surface area contributed by atoms with Crippen LogP contribution in [0.2, 0.25) is 0 Å². The van der Waals surface area contributed by atoms with E-state index >= 15 is 0 Å². The summed E-state index contributed by atoms with van der Waals surface area (Å²) in [5, 5.41) is 0. The summed E-state index contributed by atoms with van der Waals surface area (Å²) >= 11 is 0. The number of benzene rings is 7. The summed E-state index contributed by atoms with van der Waals surface area (Å²) in [6, 6.07) is 53.9. The van der Waals surface area contributed by atoms with Crippen molar-refractivity contribution >= 4 is 62.9 Å². The monoisotopic (exact) mass is 986 g/mol. The molecule has 75 heavy (non-hydrogen) atoms. The van der Waals surface area contributed by atoms with E-state index in [4.69, 9.17) is 0 Å². The highest BCUT2D eigenvalue weighted by atomic mass is 15.3. The highest BCUT2D eigenvalue weighted by Crippen LogP contribution is 2.67. The van der Waals surface area contributed by atoms with E-state index in [1.807, 2.05) is 0 Å². The van der Waals surface area contributed by atoms with Crippen molar-refractivity contribution in [1.29, 1.82) is 0 Å². The van der Waals surface area contributed by atoms with E-state index in [0.717, 1.165) is 19.3 Å². The predicted octanol–water partition coefficient (Wildman–Crippen LogP) is 17.0. The van der Waals surface area contributed by atoms with Gasteiger partial charge in [0.25, 0.3) is 6.71 Å². The summed E-state index contributed by atoms with van der Waals surface area (Å²) in [7, 11) is 0. The summed E-state index contributed by atoms with van der Waals surface area (Å²) in [4.78, 5) is 8.64. The summed E-state index contributed by atoms with van der Waals surface area (Å²) in [6.45, 7) is 34.2. The van der Waals surface area contributed by atoms with E-state index in [2.05, 4.69) is 245 Å². The van der Waals surface area contributed by atoms with Crippen molar-refractivity contribution < 1.29 is 0 Å². The van der Waals surface area contributed by atoms with Crippen LogP contribution in [-0.4, -0.2) is 17.8 Å². The quantitative estimate of drug-likeness (QED) is 0.163. The minimum Gasteiger partial charge on any atom is -0.335 e. The molecule has 0 bridgehead atoms. The first-order chi connectivity index (χ1) is 35.5. The average molecular weight is 986 g/mol. The molecule has 2 aliphatic carbocycles. The first-order valence-electron chi connectivity index (χ1n) is 28.8. The van der Waals surface area contributed by atoms with Gasteiger partial charge >= 0.3 is 0 Å². The Kier molecular flexibility index (Phi) is 10.4. The molecule has 0 saturated heterocycles. The lowest BCUT2D eigenvalue weighted by Crippen LogP contribution is -2.65. The lowest BCUT2D eigenvalue weighted by molar-refractivity contribution is 0.194. The van der Waals surface area contributed by atoms with E-state index < -0.39 is 0 Å². The molecule has 2 saturated carbocycles. The summed E-state index contributed by atoms with van der Waals surface area (Å²) in [5.74, 6) is 0. The molecule has 0 spiro atoms. The Labute approximate surface area is 450 Å². The molecule has 3 nitrogen and oxygen atoms in total. The predicted molar refractivity (Wildman–Crippen MR) is 322 cm³/mol. The van der Waals surface area contributed by atoms with Gasteiger partial charge in [-0.05, 0) is 172 Å². The first-order valence-corrected chi connectivity index (χ1v) is 28.8. The fourth-order valence-corrected chi connectivity index (χ4v) is 16.5. The number of rotatable bonds is 4. The minimum absolute atomic E-state index is 0.00152. The standard InChI is InChI=1S/C71H80BN3/c1-45-37-46(2)62-59(38-45)74(69(13)34-22-21-33-68(62,69)12)52-43-60-63-61(44-52)75-64-54(71(48-27-19-16-20-28-48)36-24-23-35-70(71,75)14)40-51(67(9,10)11)42-56(64)72(63)55-41-50(66(6,7)8)30-32-58(55)73(60)57-31-29-49(65(3,4)5)39-53(57)47-25-17-15-18-26-47/h15-20,25-32,37-44H,21-24,33-36H2,1-14H3. The molecule has 4 unspecified atom stereocenters. The average Bonchev–Trinajstić information content (AvgIpc) is 3.79. The van der Waals surface area contributed by atoms with E-state index in [0.29, 0.717) is 0 Å². The Morgan fingerprint density at radius 1 is 0.480 bits per heavy atom. The second kappa shape index (κ2) is 16.0. The molecule has 2 fully saturated rings. The zero-order valence-electron chi connectivity index (χ0n) is 47.8. The Hall–Kier alpha value is -6.00. The van der Waals surface area contributed by atoms with Crippen LogP contribution in [0.25, 0.3) is 11.1 Å². The van der Waals surface area contributed by atoms with Crippen LogP contribution < -0.4 is 31.1 Å². The van der Waals surface area contributed by atoms with Gasteiger partial charge in [0.05, 0.1) is 16.8 Å². The summed E-state index contributed by atoms with van der Waals surface area (Å²) in [5.41, 5.74) is 27.1. The van der Waals surface area contributed by atoms with Crippen LogP contribution in [0.15, 0.2) is 133 Å². The van der Waals surface area contributed by atoms with E-state index in [-0.39, 0.29) is 44.9 Å². The van der Waals surface area contributed by atoms with Crippen LogP contribution in [0.4, 0.5) is 39.8 Å². The summed E-state index contributed by atoms with van der Waals surface area (Å²) in [6.07, 6.45) is 9.52. The van der Waals surface area contributed by atoms with Gasteiger partial charge in [-0.3, -0.25) is 0 Å². The molecule has 6 aliphatic rings. The Morgan fingerprint density at radius 3 is 1.75 bits per heavy atom. The molecule has 4 heteroatoms. The molecule has 0 N–H and O–H groups in total. The molecule has 4 heterocycles. The maximum absolute atomic E-state index is 2.99. The van der Waals surface area contributed by atoms with Gasteiger partial charge in [0.1, 0.15) is 0 Å². The lowest BCUT2D eigenvalue weighted by Gasteiger charge is -2.54. The molecular formula is C71H80BN3. The second-order valence-electron chi connectivity index (χ2n) is 28.0. The Bertz CT molecular complexity index is 3500. The SMILES string of the molecule is Cc1cc(C)c2c(c1)N(c1cc3c4c(c1)N1c5c(cc(C(C)(C)C)cc5C5(c6ccccc6)CCCCC15C)B4c1cc(C(C)(C)C)ccc1N3c1ccc(C(C)(C)C)cc1-c1ccccc1)C1(C)CCCCC21C. The molecule has 382 valence electrons. The molecule has 4 aliphatic heterocycles. The second-order valence-corrected chi connectivity index (χ2v) is 28.0. The molecule has 0 aromatic heterocycles. The molecule has 0 radical (unpaired) electrons. The van der Waals surface area contributed by atoms with Crippen LogP contribution in [0, 0.1) is 13.8 Å². The molecule has 13 rings (SSSR count). The van der Waals surface area contributed by atoms with Crippen LogP contribution >= 0.6 is 0 Å². The molecule has 7 aromatic rings. The third-order valence-corrected chi connectivity index (χ3v) is 20.5. The van der Waals surface area contributed by atoms with Gasteiger partial charge in [-0.1, -0.05) is 192 Å². The molecule has 0 amide bonds. The highest BCUT2D eigenvalue weighted by molar-refractivity contribution is 7.00. The number of nitrogens with zero attached hydrogens (tertiary/aromatic N) is 3. The van der Waals surface area contributed by atoms with Gasteiger partial charge in [0, 0.05) is 50.5 Å². The van der Waals surface area contributed by atoms with E-state index in [9.17, 15) is 0 Å². The van der Waals surface area contributed by atoms with Crippen molar-refractivity contribution in [3.8, 4) is 11.1 Å². The number of anilines is 7. The first kappa shape index (κ1) is 48.6. The van der Waals surface area contributed by atoms with Crippen molar-refractivity contribution in [3.05, 3.63) is 178 Å². The normalized spacial score (nSPS) is 24.3. The number of hydrogen-bond donors (Lipinski definition) is 0. The van der Waals surface area contributed by atoms with Crippen LogP contribution in [-0.2, 0) is 27.1 Å². The summed E-state index contributed by atoms with van der Waals surface area (Å²) < 4.78 is 0. The van der Waals surface area contributed by atoms with Gasteiger partial charge in [-0.2, -0.15) is 0 Å². The van der Waals surface area contributed by atoms with Crippen molar-refractivity contribution in [2.45, 2.75) is 186 Å². The third kappa shape index (κ3) is 6.59. The largest absolute Gasteiger partial charge is 0.335 e. The van der Waals surface area contributed by atoms with Gasteiger partial charge in [0.2, 0.25) is 0 Å². The number of fused-ring (bicyclic) bond motifs is 10. The zero-order chi connectivity index (χ0) is 52.6. The highest BCUT2D eigenvalue weighted by Gasteiger charge is 2.65. The number of hydrogen-bond acceptors (Lipinski definition) is 3. The lowest BCUT2D eigenvalue weighted by atomic mass is 9.33. The zero-order valence-corrected chi connectivity index (χ0v) is 47.8. The maximum atomic E-state index is 2.99. The van der Waals surface area contributed by atoms with Crippen molar-refractivity contribution in [3.63, 3.8) is 0 Å². The fourth-order valence-electron chi connectivity index (χ4n) is 16.5. The van der Waals surface area contributed by atoms with Gasteiger partial charge < -0.3 is 14.7 Å². The fraction of sp³-hybridized carbons (Fsp3) is 0.408. The van der Waals surface area contributed by atoms with Gasteiger partial charge in [-0.25, -0.2) is 0 Å².